The summed E-state index contributed by atoms with van der Waals surface area (Å²) in [7, 11) is 0. The van der Waals surface area contributed by atoms with Crippen molar-refractivity contribution in [1.82, 2.24) is 0 Å². The molecule has 0 saturated heterocycles. The van der Waals surface area contributed by atoms with E-state index in [0.717, 1.165) is 17.7 Å². The highest BCUT2D eigenvalue weighted by molar-refractivity contribution is 6.06. The smallest absolute Gasteiger partial charge is 0.328 e. The molecule has 4 nitrogen and oxygen atoms in total. The monoisotopic (exact) mass is 296 g/mol. The minimum atomic E-state index is -1.15. The van der Waals surface area contributed by atoms with Gasteiger partial charge in [-0.25, -0.2) is 4.79 Å². The highest BCUT2D eigenvalue weighted by Gasteiger charge is 2.03. The van der Waals surface area contributed by atoms with E-state index in [1.165, 1.54) is 5.56 Å². The highest BCUT2D eigenvalue weighted by Crippen LogP contribution is 2.15. The zero-order valence-corrected chi connectivity index (χ0v) is 12.2. The van der Waals surface area contributed by atoms with Gasteiger partial charge in [-0.1, -0.05) is 29.8 Å². The summed E-state index contributed by atoms with van der Waals surface area (Å²) in [5, 5.41) is 8.49. The van der Waals surface area contributed by atoms with Gasteiger partial charge in [0.25, 0.3) is 0 Å². The third-order valence-electron chi connectivity index (χ3n) is 3.04. The second kappa shape index (κ2) is 7.22. The van der Waals surface area contributed by atoms with E-state index in [4.69, 9.17) is 9.84 Å². The standard InChI is InChI=1S/C18H16O4/c1-13-2-4-14(5-3-13)12-22-16-8-6-15(7-9-16)17(19)10-11-18(20)21/h2-11H,12H2,1H3,(H,20,21)/b11-10+. The largest absolute Gasteiger partial charge is 0.489 e. The lowest BCUT2D eigenvalue weighted by atomic mass is 10.1. The van der Waals surface area contributed by atoms with Crippen LogP contribution in [0.4, 0.5) is 0 Å². The summed E-state index contributed by atoms with van der Waals surface area (Å²) in [5.41, 5.74) is 2.68. The van der Waals surface area contributed by atoms with E-state index < -0.39 is 5.97 Å². The number of allylic oxidation sites excluding steroid dienone is 1. The van der Waals surface area contributed by atoms with Crippen molar-refractivity contribution in [3.63, 3.8) is 0 Å². The van der Waals surface area contributed by atoms with Crippen molar-refractivity contribution in [3.8, 4) is 5.75 Å². The molecule has 22 heavy (non-hydrogen) atoms. The first-order valence-corrected chi connectivity index (χ1v) is 6.78. The highest BCUT2D eigenvalue weighted by atomic mass is 16.5. The van der Waals surface area contributed by atoms with Crippen molar-refractivity contribution in [3.05, 3.63) is 77.4 Å². The van der Waals surface area contributed by atoms with Crippen LogP contribution >= 0.6 is 0 Å². The van der Waals surface area contributed by atoms with Crippen LogP contribution in [0.2, 0.25) is 0 Å². The zero-order chi connectivity index (χ0) is 15.9. The summed E-state index contributed by atoms with van der Waals surface area (Å²) in [6.07, 6.45) is 1.86. The van der Waals surface area contributed by atoms with Crippen molar-refractivity contribution in [2.45, 2.75) is 13.5 Å². The van der Waals surface area contributed by atoms with E-state index in [0.29, 0.717) is 17.9 Å². The van der Waals surface area contributed by atoms with E-state index in [9.17, 15) is 9.59 Å². The Kier molecular flexibility index (Phi) is 5.09. The summed E-state index contributed by atoms with van der Waals surface area (Å²) >= 11 is 0. The lowest BCUT2D eigenvalue weighted by Crippen LogP contribution is -1.98. The lowest BCUT2D eigenvalue weighted by molar-refractivity contribution is -0.131. The SMILES string of the molecule is Cc1ccc(COc2ccc(C(=O)/C=C/C(=O)O)cc2)cc1. The molecule has 1 N–H and O–H groups in total. The van der Waals surface area contributed by atoms with Crippen LogP contribution in [0.5, 0.6) is 5.75 Å². The summed E-state index contributed by atoms with van der Waals surface area (Å²) in [4.78, 5) is 22.1. The second-order valence-corrected chi connectivity index (χ2v) is 4.83. The number of carboxylic acid groups (broad SMARTS) is 1. The Morgan fingerprint density at radius 3 is 2.23 bits per heavy atom. The number of ketones is 1. The Balaban J connectivity index is 1.95. The molecule has 0 aliphatic rings. The lowest BCUT2D eigenvalue weighted by Gasteiger charge is -2.07. The number of carbonyl (C=O) groups is 2. The van der Waals surface area contributed by atoms with Gasteiger partial charge in [0.15, 0.2) is 5.78 Å². The number of benzene rings is 2. The third kappa shape index (κ3) is 4.59. The van der Waals surface area contributed by atoms with Crippen LogP contribution in [0.1, 0.15) is 21.5 Å². The van der Waals surface area contributed by atoms with Gasteiger partial charge in [-0.15, -0.1) is 0 Å². The maximum absolute atomic E-state index is 11.7. The molecule has 0 saturated carbocycles. The summed E-state index contributed by atoms with van der Waals surface area (Å²) in [5.74, 6) is -0.849. The average Bonchev–Trinajstić information content (AvgIpc) is 2.52. The molecule has 0 heterocycles. The number of rotatable bonds is 6. The molecule has 0 atom stereocenters. The molecular weight excluding hydrogens is 280 g/mol. The molecule has 2 aromatic carbocycles. The van der Waals surface area contributed by atoms with Crippen LogP contribution in [0, 0.1) is 6.92 Å². The molecule has 112 valence electrons. The fourth-order valence-electron chi connectivity index (χ4n) is 1.81. The van der Waals surface area contributed by atoms with Gasteiger partial charge < -0.3 is 9.84 Å². The van der Waals surface area contributed by atoms with E-state index in [1.807, 2.05) is 31.2 Å². The van der Waals surface area contributed by atoms with E-state index in [2.05, 4.69) is 0 Å². The summed E-state index contributed by atoms with van der Waals surface area (Å²) < 4.78 is 5.64. The molecule has 0 bridgehead atoms. The molecule has 4 heteroatoms. The number of ether oxygens (including phenoxy) is 1. The fraction of sp³-hybridized carbons (Fsp3) is 0.111. The van der Waals surface area contributed by atoms with E-state index in [1.54, 1.807) is 24.3 Å². The predicted octanol–water partition coefficient (Wildman–Crippen LogP) is 3.40. The Morgan fingerprint density at radius 1 is 1.00 bits per heavy atom. The van der Waals surface area contributed by atoms with Crippen LogP contribution in [-0.2, 0) is 11.4 Å². The molecule has 0 aliphatic carbocycles. The molecule has 2 aromatic rings. The van der Waals surface area contributed by atoms with Crippen molar-refractivity contribution < 1.29 is 19.4 Å². The quantitative estimate of drug-likeness (QED) is 0.655. The molecule has 0 radical (unpaired) electrons. The van der Waals surface area contributed by atoms with Crippen LogP contribution < -0.4 is 4.74 Å². The third-order valence-corrected chi connectivity index (χ3v) is 3.04. The number of hydrogen-bond acceptors (Lipinski definition) is 3. The van der Waals surface area contributed by atoms with Gasteiger partial charge in [0, 0.05) is 11.6 Å². The van der Waals surface area contributed by atoms with Gasteiger partial charge in [-0.3, -0.25) is 4.79 Å². The minimum absolute atomic E-state index is 0.354. The molecule has 2 rings (SSSR count). The number of carbonyl (C=O) groups excluding carboxylic acids is 1. The van der Waals surface area contributed by atoms with Gasteiger partial charge in [-0.05, 0) is 42.8 Å². The van der Waals surface area contributed by atoms with Gasteiger partial charge in [-0.2, -0.15) is 0 Å². The van der Waals surface area contributed by atoms with Crippen LogP contribution in [-0.4, -0.2) is 16.9 Å². The minimum Gasteiger partial charge on any atom is -0.489 e. The Hall–Kier alpha value is -2.88. The zero-order valence-electron chi connectivity index (χ0n) is 12.2. The summed E-state index contributed by atoms with van der Waals surface area (Å²) in [6.45, 7) is 2.48. The first-order valence-electron chi connectivity index (χ1n) is 6.78. The van der Waals surface area contributed by atoms with E-state index in [-0.39, 0.29) is 5.78 Å². The maximum Gasteiger partial charge on any atom is 0.328 e. The van der Waals surface area contributed by atoms with Gasteiger partial charge >= 0.3 is 5.97 Å². The van der Waals surface area contributed by atoms with Crippen molar-refractivity contribution >= 4 is 11.8 Å². The Labute approximate surface area is 128 Å². The van der Waals surface area contributed by atoms with Crippen molar-refractivity contribution in [2.24, 2.45) is 0 Å². The molecule has 0 aliphatic heterocycles. The molecular formula is C18H16O4. The first kappa shape index (κ1) is 15.5. The predicted molar refractivity (Wildman–Crippen MR) is 83.1 cm³/mol. The van der Waals surface area contributed by atoms with Crippen molar-refractivity contribution in [2.75, 3.05) is 0 Å². The maximum atomic E-state index is 11.7. The normalized spacial score (nSPS) is 10.6. The topological polar surface area (TPSA) is 63.6 Å². The Bertz CT molecular complexity index is 682. The van der Waals surface area contributed by atoms with Gasteiger partial charge in [0.1, 0.15) is 12.4 Å². The fourth-order valence-corrected chi connectivity index (χ4v) is 1.81. The second-order valence-electron chi connectivity index (χ2n) is 4.83. The number of carboxylic acids is 1. The number of aliphatic carboxylic acids is 1. The van der Waals surface area contributed by atoms with E-state index >= 15 is 0 Å². The molecule has 0 spiro atoms. The van der Waals surface area contributed by atoms with Crippen LogP contribution in [0.15, 0.2) is 60.7 Å². The first-order chi connectivity index (χ1) is 10.5. The van der Waals surface area contributed by atoms with Crippen LogP contribution in [0.3, 0.4) is 0 Å². The molecule has 0 amide bonds. The summed E-state index contributed by atoms with van der Waals surface area (Å²) in [6, 6.07) is 14.7. The van der Waals surface area contributed by atoms with Crippen LogP contribution in [0.25, 0.3) is 0 Å². The number of aryl methyl sites for hydroxylation is 1. The molecule has 0 fully saturated rings. The molecule has 0 unspecified atom stereocenters. The number of hydrogen-bond donors (Lipinski definition) is 1. The average molecular weight is 296 g/mol. The van der Waals surface area contributed by atoms with Crippen molar-refractivity contribution in [1.29, 1.82) is 0 Å². The van der Waals surface area contributed by atoms with Gasteiger partial charge in [0.2, 0.25) is 0 Å². The Morgan fingerprint density at radius 2 is 1.64 bits per heavy atom. The molecule has 0 aromatic heterocycles. The van der Waals surface area contributed by atoms with Gasteiger partial charge in [0.05, 0.1) is 0 Å².